The summed E-state index contributed by atoms with van der Waals surface area (Å²) in [6.45, 7) is 0.701. The maximum Gasteiger partial charge on any atom is 0.200 e. The van der Waals surface area contributed by atoms with Gasteiger partial charge in [0.15, 0.2) is 17.8 Å². The van der Waals surface area contributed by atoms with Crippen LogP contribution in [0, 0.1) is 0 Å². The van der Waals surface area contributed by atoms with E-state index in [-0.39, 0.29) is 12.0 Å². The van der Waals surface area contributed by atoms with Gasteiger partial charge in [-0.05, 0) is 36.1 Å². The molecule has 1 unspecified atom stereocenters. The van der Waals surface area contributed by atoms with Crippen LogP contribution in [0.25, 0.3) is 12.2 Å². The highest BCUT2D eigenvalue weighted by Crippen LogP contribution is 2.23. The predicted molar refractivity (Wildman–Crippen MR) is 96.1 cm³/mol. The van der Waals surface area contributed by atoms with E-state index in [2.05, 4.69) is 0 Å². The highest BCUT2D eigenvalue weighted by Gasteiger charge is 2.18. The van der Waals surface area contributed by atoms with E-state index in [0.29, 0.717) is 12.4 Å². The van der Waals surface area contributed by atoms with Crippen molar-refractivity contribution in [2.75, 3.05) is 6.61 Å². The van der Waals surface area contributed by atoms with Gasteiger partial charge in [0.25, 0.3) is 0 Å². The van der Waals surface area contributed by atoms with Crippen molar-refractivity contribution in [3.63, 3.8) is 0 Å². The number of aliphatic hydroxyl groups excluding tert-OH is 1. The van der Waals surface area contributed by atoms with Gasteiger partial charge in [-0.3, -0.25) is 0 Å². The van der Waals surface area contributed by atoms with Gasteiger partial charge in [0.2, 0.25) is 0 Å². The molecule has 2 aromatic carbocycles. The number of ether oxygens (including phenoxy) is 2. The molecule has 1 aliphatic rings. The molecule has 0 bridgehead atoms. The van der Waals surface area contributed by atoms with Crippen LogP contribution in [0.4, 0.5) is 0 Å². The van der Waals surface area contributed by atoms with Gasteiger partial charge >= 0.3 is 0 Å². The summed E-state index contributed by atoms with van der Waals surface area (Å²) in [5.74, 6) is 0.524. The molecular formula is C21H22O3. The first-order valence-electron chi connectivity index (χ1n) is 8.32. The van der Waals surface area contributed by atoms with Gasteiger partial charge in [0, 0.05) is 6.42 Å². The summed E-state index contributed by atoms with van der Waals surface area (Å²) in [5.41, 5.74) is 1.89. The van der Waals surface area contributed by atoms with Gasteiger partial charge in [-0.25, -0.2) is 0 Å². The van der Waals surface area contributed by atoms with Gasteiger partial charge in [0.1, 0.15) is 0 Å². The summed E-state index contributed by atoms with van der Waals surface area (Å²) in [6, 6.07) is 19.5. The molecule has 2 aromatic rings. The van der Waals surface area contributed by atoms with Crippen molar-refractivity contribution in [3.05, 3.63) is 83.3 Å². The van der Waals surface area contributed by atoms with Crippen molar-refractivity contribution in [2.45, 2.75) is 25.6 Å². The van der Waals surface area contributed by atoms with Crippen LogP contribution in [0.1, 0.15) is 30.4 Å². The molecule has 0 aromatic heterocycles. The number of benzene rings is 2. The molecule has 24 heavy (non-hydrogen) atoms. The Bertz CT molecular complexity index is 684. The molecule has 3 heteroatoms. The van der Waals surface area contributed by atoms with Crippen LogP contribution in [0.15, 0.2) is 72.2 Å². The summed E-state index contributed by atoms with van der Waals surface area (Å²) in [5, 5.41) is 10.6. The maximum atomic E-state index is 10.6. The first kappa shape index (κ1) is 16.3. The molecule has 124 valence electrons. The van der Waals surface area contributed by atoms with E-state index in [1.54, 1.807) is 6.08 Å². The SMILES string of the molecule is OC(=Cc1ccccc1)C(=Cc1ccccc1)OC1CCCCO1. The third kappa shape index (κ3) is 4.74. The lowest BCUT2D eigenvalue weighted by atomic mass is 10.1. The second kappa shape index (κ2) is 8.37. The van der Waals surface area contributed by atoms with Crippen LogP contribution in [0.5, 0.6) is 0 Å². The van der Waals surface area contributed by atoms with Crippen LogP contribution in [0.2, 0.25) is 0 Å². The fourth-order valence-electron chi connectivity index (χ4n) is 2.59. The summed E-state index contributed by atoms with van der Waals surface area (Å²) in [7, 11) is 0. The third-order valence-corrected chi connectivity index (χ3v) is 3.85. The van der Waals surface area contributed by atoms with E-state index in [9.17, 15) is 5.11 Å². The van der Waals surface area contributed by atoms with Crippen molar-refractivity contribution in [1.29, 1.82) is 0 Å². The van der Waals surface area contributed by atoms with Gasteiger partial charge in [-0.15, -0.1) is 0 Å². The monoisotopic (exact) mass is 322 g/mol. The Hall–Kier alpha value is -2.52. The fraction of sp³-hybridized carbons (Fsp3) is 0.238. The molecule has 1 fully saturated rings. The van der Waals surface area contributed by atoms with E-state index in [4.69, 9.17) is 9.47 Å². The lowest BCUT2D eigenvalue weighted by molar-refractivity contribution is -0.138. The summed E-state index contributed by atoms with van der Waals surface area (Å²) in [4.78, 5) is 0. The zero-order valence-electron chi connectivity index (χ0n) is 13.6. The largest absolute Gasteiger partial charge is 0.504 e. The maximum absolute atomic E-state index is 10.6. The minimum atomic E-state index is -0.306. The molecule has 0 spiro atoms. The van der Waals surface area contributed by atoms with Gasteiger partial charge in [-0.2, -0.15) is 0 Å². The van der Waals surface area contributed by atoms with Gasteiger partial charge < -0.3 is 14.6 Å². The quantitative estimate of drug-likeness (QED) is 0.609. The molecule has 1 atom stereocenters. The van der Waals surface area contributed by atoms with E-state index in [1.165, 1.54) is 0 Å². The summed E-state index contributed by atoms with van der Waals surface area (Å²) in [6.07, 6.45) is 6.21. The topological polar surface area (TPSA) is 38.7 Å². The molecule has 3 rings (SSSR count). The van der Waals surface area contributed by atoms with E-state index < -0.39 is 0 Å². The Kier molecular flexibility index (Phi) is 5.70. The number of hydrogen-bond donors (Lipinski definition) is 1. The van der Waals surface area contributed by atoms with E-state index in [0.717, 1.165) is 30.4 Å². The predicted octanol–water partition coefficient (Wildman–Crippen LogP) is 5.17. The molecule has 1 aliphatic heterocycles. The lowest BCUT2D eigenvalue weighted by Crippen LogP contribution is -2.22. The Balaban J connectivity index is 1.86. The van der Waals surface area contributed by atoms with Crippen molar-refractivity contribution in [3.8, 4) is 0 Å². The molecule has 0 saturated carbocycles. The Morgan fingerprint density at radius 1 is 0.917 bits per heavy atom. The standard InChI is InChI=1S/C21H22O3/c22-19(15-17-9-3-1-4-10-17)20(16-18-11-5-2-6-12-18)24-21-13-7-8-14-23-21/h1-6,9-12,15-16,21-22H,7-8,13-14H2. The molecular weight excluding hydrogens is 300 g/mol. The molecule has 0 radical (unpaired) electrons. The molecule has 1 N–H and O–H groups in total. The van der Waals surface area contributed by atoms with Crippen LogP contribution >= 0.6 is 0 Å². The Morgan fingerprint density at radius 2 is 1.54 bits per heavy atom. The average molecular weight is 322 g/mol. The van der Waals surface area contributed by atoms with Crippen molar-refractivity contribution in [1.82, 2.24) is 0 Å². The molecule has 1 heterocycles. The van der Waals surface area contributed by atoms with E-state index >= 15 is 0 Å². The van der Waals surface area contributed by atoms with Crippen LogP contribution in [0.3, 0.4) is 0 Å². The Labute approximate surface area is 142 Å². The van der Waals surface area contributed by atoms with Crippen molar-refractivity contribution < 1.29 is 14.6 Å². The number of rotatable bonds is 5. The van der Waals surface area contributed by atoms with Crippen molar-refractivity contribution in [2.24, 2.45) is 0 Å². The number of hydrogen-bond acceptors (Lipinski definition) is 3. The minimum absolute atomic E-state index is 0.0965. The molecule has 0 amide bonds. The first-order chi connectivity index (χ1) is 11.8. The minimum Gasteiger partial charge on any atom is -0.504 e. The zero-order valence-corrected chi connectivity index (χ0v) is 13.6. The number of aliphatic hydroxyl groups is 1. The fourth-order valence-corrected chi connectivity index (χ4v) is 2.59. The normalized spacial score (nSPS) is 19.1. The first-order valence-corrected chi connectivity index (χ1v) is 8.32. The second-order valence-electron chi connectivity index (χ2n) is 5.77. The Morgan fingerprint density at radius 3 is 2.12 bits per heavy atom. The highest BCUT2D eigenvalue weighted by atomic mass is 16.7. The lowest BCUT2D eigenvalue weighted by Gasteiger charge is -2.24. The summed E-state index contributed by atoms with van der Waals surface area (Å²) < 4.78 is 11.6. The van der Waals surface area contributed by atoms with Crippen LogP contribution < -0.4 is 0 Å². The summed E-state index contributed by atoms with van der Waals surface area (Å²) >= 11 is 0. The smallest absolute Gasteiger partial charge is 0.200 e. The molecule has 1 saturated heterocycles. The highest BCUT2D eigenvalue weighted by molar-refractivity contribution is 5.62. The van der Waals surface area contributed by atoms with Gasteiger partial charge in [-0.1, -0.05) is 60.7 Å². The van der Waals surface area contributed by atoms with Crippen LogP contribution in [-0.4, -0.2) is 18.0 Å². The third-order valence-electron chi connectivity index (χ3n) is 3.85. The van der Waals surface area contributed by atoms with Gasteiger partial charge in [0.05, 0.1) is 6.61 Å². The average Bonchev–Trinajstić information content (AvgIpc) is 2.64. The molecule has 3 nitrogen and oxygen atoms in total. The van der Waals surface area contributed by atoms with E-state index in [1.807, 2.05) is 66.7 Å². The van der Waals surface area contributed by atoms with Crippen LogP contribution in [-0.2, 0) is 9.47 Å². The zero-order chi connectivity index (χ0) is 16.6. The van der Waals surface area contributed by atoms with Crippen molar-refractivity contribution >= 4 is 12.2 Å². The second-order valence-corrected chi connectivity index (χ2v) is 5.77. The molecule has 0 aliphatic carbocycles.